The van der Waals surface area contributed by atoms with Gasteiger partial charge in [0.25, 0.3) is 11.1 Å². The molecule has 0 saturated heterocycles. The Kier molecular flexibility index (Phi) is 5.51. The average molecular weight is 509 g/mol. The number of H-pyrrole nitrogens is 5. The molecule has 190 valence electrons. The van der Waals surface area contributed by atoms with Crippen molar-refractivity contribution in [2.45, 2.75) is 18.4 Å². The lowest BCUT2D eigenvalue weighted by Crippen LogP contribution is -2.49. The Bertz CT molecular complexity index is 1670. The number of nitrogens with zero attached hydrogens (tertiary/aromatic N) is 2. The Morgan fingerprint density at radius 1 is 1.05 bits per heavy atom. The number of hydrogen-bond acceptors (Lipinski definition) is 9. The van der Waals surface area contributed by atoms with Gasteiger partial charge in [-0.15, -0.1) is 0 Å². The van der Waals surface area contributed by atoms with Crippen molar-refractivity contribution in [3.63, 3.8) is 0 Å². The molecule has 4 heterocycles. The largest absolute Gasteiger partial charge is 0.504 e. The molecule has 0 saturated carbocycles. The Balaban J connectivity index is 1.86. The molecule has 15 nitrogen and oxygen atoms in total. The second-order valence-electron chi connectivity index (χ2n) is 8.21. The van der Waals surface area contributed by atoms with Crippen molar-refractivity contribution in [1.29, 1.82) is 0 Å². The van der Waals surface area contributed by atoms with Gasteiger partial charge < -0.3 is 19.9 Å². The standard InChI is InChI=1S/C22H19N7O8/c1-37-12-3-2-8(4-11(12)30)13-14-16(25-21(35)27-18(14)31)29(17-15(13)19(32)28-22(36)26-17)10(20(33)34)5-9-6-23-7-24-9/h2-4,6-7,10,13,30H,5H2,1H3,(H,23,24)(H,33,34)(H2,25,27,31,35)(H2,26,28,32,36). The summed E-state index contributed by atoms with van der Waals surface area (Å²) < 4.78 is 5.07. The number of rotatable bonds is 6. The first-order valence-corrected chi connectivity index (χ1v) is 10.8. The number of aromatic amines is 5. The van der Waals surface area contributed by atoms with Crippen LogP contribution in [0.1, 0.15) is 28.3 Å². The van der Waals surface area contributed by atoms with E-state index in [9.17, 15) is 34.2 Å². The number of imidazole rings is 1. The number of carboxylic acid groups (broad SMARTS) is 1. The summed E-state index contributed by atoms with van der Waals surface area (Å²) in [6.45, 7) is 0. The third-order valence-electron chi connectivity index (χ3n) is 6.08. The summed E-state index contributed by atoms with van der Waals surface area (Å²) >= 11 is 0. The summed E-state index contributed by atoms with van der Waals surface area (Å²) in [5.74, 6) is -3.26. The number of carboxylic acids is 1. The number of aliphatic carboxylic acids is 1. The van der Waals surface area contributed by atoms with E-state index < -0.39 is 40.4 Å². The topological polar surface area (TPSA) is 230 Å². The van der Waals surface area contributed by atoms with Crippen molar-refractivity contribution >= 4 is 17.6 Å². The summed E-state index contributed by atoms with van der Waals surface area (Å²) in [6, 6.07) is 2.66. The number of aromatic hydroxyl groups is 1. The quantitative estimate of drug-likeness (QED) is 0.171. The molecular weight excluding hydrogens is 490 g/mol. The number of phenols is 1. The van der Waals surface area contributed by atoms with Gasteiger partial charge in [-0.2, -0.15) is 0 Å². The number of carbonyl (C=O) groups is 1. The minimum atomic E-state index is -1.50. The number of phenolic OH excluding ortho intramolecular Hbond substituents is 1. The summed E-state index contributed by atoms with van der Waals surface area (Å²) in [6.07, 6.45) is 2.54. The van der Waals surface area contributed by atoms with Crippen LogP contribution in [-0.2, 0) is 11.2 Å². The molecule has 0 aliphatic carbocycles. The first kappa shape index (κ1) is 23.4. The monoisotopic (exact) mass is 509 g/mol. The molecule has 15 heteroatoms. The van der Waals surface area contributed by atoms with Crippen molar-refractivity contribution in [3.05, 3.63) is 94.8 Å². The molecule has 7 N–H and O–H groups in total. The molecule has 1 aromatic carbocycles. The van der Waals surface area contributed by atoms with Crippen LogP contribution in [0.5, 0.6) is 11.5 Å². The lowest BCUT2D eigenvalue weighted by molar-refractivity contribution is -0.138. The summed E-state index contributed by atoms with van der Waals surface area (Å²) in [4.78, 5) is 80.3. The maximum absolute atomic E-state index is 13.2. The summed E-state index contributed by atoms with van der Waals surface area (Å²) in [5.41, 5.74) is -3.39. The van der Waals surface area contributed by atoms with Crippen molar-refractivity contribution in [2.24, 2.45) is 0 Å². The number of aromatic nitrogens is 6. The van der Waals surface area contributed by atoms with Crippen LogP contribution in [0.2, 0.25) is 0 Å². The van der Waals surface area contributed by atoms with Gasteiger partial charge in [-0.25, -0.2) is 19.4 Å². The maximum atomic E-state index is 13.2. The average Bonchev–Trinajstić information content (AvgIpc) is 3.34. The van der Waals surface area contributed by atoms with Crippen molar-refractivity contribution in [2.75, 3.05) is 12.0 Å². The smallest absolute Gasteiger partial charge is 0.327 e. The molecule has 1 atom stereocenters. The normalized spacial score (nSPS) is 13.6. The number of benzene rings is 1. The van der Waals surface area contributed by atoms with Crippen LogP contribution in [0.15, 0.2) is 49.9 Å². The maximum Gasteiger partial charge on any atom is 0.327 e. The van der Waals surface area contributed by atoms with Crippen LogP contribution in [0.25, 0.3) is 0 Å². The Morgan fingerprint density at radius 3 is 2.16 bits per heavy atom. The molecule has 1 aliphatic heterocycles. The second kappa shape index (κ2) is 8.71. The van der Waals surface area contributed by atoms with E-state index >= 15 is 0 Å². The number of anilines is 2. The van der Waals surface area contributed by atoms with E-state index in [1.54, 1.807) is 0 Å². The lowest BCUT2D eigenvalue weighted by atomic mass is 9.83. The first-order valence-electron chi connectivity index (χ1n) is 10.8. The van der Waals surface area contributed by atoms with Crippen molar-refractivity contribution < 1.29 is 19.7 Å². The fraction of sp³-hybridized carbons (Fsp3) is 0.182. The SMILES string of the molecule is COc1ccc(C2c3c([nH]c(=O)[nH]c3=O)N(C(Cc3cnc[nH]3)C(=O)O)c3[nH]c(=O)[nH]c(=O)c32)cc1O. The highest BCUT2D eigenvalue weighted by Crippen LogP contribution is 2.45. The molecule has 5 rings (SSSR count). The predicted octanol–water partition coefficient (Wildman–Crippen LogP) is -0.795. The fourth-order valence-corrected chi connectivity index (χ4v) is 4.57. The van der Waals surface area contributed by atoms with E-state index in [0.29, 0.717) is 5.69 Å². The van der Waals surface area contributed by atoms with E-state index in [1.165, 1.54) is 37.8 Å². The van der Waals surface area contributed by atoms with Crippen LogP contribution in [0.4, 0.5) is 11.6 Å². The van der Waals surface area contributed by atoms with Crippen molar-refractivity contribution in [3.8, 4) is 11.5 Å². The number of methoxy groups -OCH3 is 1. The molecule has 0 bridgehead atoms. The zero-order valence-electron chi connectivity index (χ0n) is 19.0. The number of fused-ring (bicyclic) bond motifs is 2. The molecule has 4 aromatic rings. The van der Waals surface area contributed by atoms with Gasteiger partial charge in [-0.05, 0) is 17.7 Å². The highest BCUT2D eigenvalue weighted by atomic mass is 16.5. The van der Waals surface area contributed by atoms with E-state index in [4.69, 9.17) is 4.74 Å². The molecular formula is C22H19N7O8. The molecule has 0 radical (unpaired) electrons. The minimum Gasteiger partial charge on any atom is -0.504 e. The summed E-state index contributed by atoms with van der Waals surface area (Å²) in [5, 5.41) is 20.5. The van der Waals surface area contributed by atoms with E-state index in [-0.39, 0.29) is 46.2 Å². The first-order chi connectivity index (χ1) is 17.7. The Morgan fingerprint density at radius 2 is 1.68 bits per heavy atom. The van der Waals surface area contributed by atoms with Crippen LogP contribution >= 0.6 is 0 Å². The molecule has 1 unspecified atom stereocenters. The number of nitrogens with one attached hydrogen (secondary N) is 5. The van der Waals surface area contributed by atoms with Crippen LogP contribution in [0.3, 0.4) is 0 Å². The van der Waals surface area contributed by atoms with Crippen LogP contribution < -0.4 is 32.1 Å². The molecule has 3 aromatic heterocycles. The number of ether oxygens (including phenoxy) is 1. The van der Waals surface area contributed by atoms with Gasteiger partial charge in [0.05, 0.1) is 30.5 Å². The number of hydrogen-bond donors (Lipinski definition) is 7. The fourth-order valence-electron chi connectivity index (χ4n) is 4.57. The third-order valence-corrected chi connectivity index (χ3v) is 6.08. The van der Waals surface area contributed by atoms with Gasteiger partial charge >= 0.3 is 17.3 Å². The van der Waals surface area contributed by atoms with Gasteiger partial charge in [0, 0.05) is 18.3 Å². The van der Waals surface area contributed by atoms with Gasteiger partial charge in [0.1, 0.15) is 17.7 Å². The van der Waals surface area contributed by atoms with Gasteiger partial charge in [-0.3, -0.25) is 34.4 Å². The summed E-state index contributed by atoms with van der Waals surface area (Å²) in [7, 11) is 1.34. The zero-order valence-corrected chi connectivity index (χ0v) is 19.0. The van der Waals surface area contributed by atoms with E-state index in [0.717, 1.165) is 4.90 Å². The predicted molar refractivity (Wildman–Crippen MR) is 127 cm³/mol. The second-order valence-corrected chi connectivity index (χ2v) is 8.21. The molecule has 0 fully saturated rings. The highest BCUT2D eigenvalue weighted by Gasteiger charge is 2.42. The van der Waals surface area contributed by atoms with Crippen LogP contribution in [-0.4, -0.2) is 59.2 Å². The molecule has 1 aliphatic rings. The van der Waals surface area contributed by atoms with Gasteiger partial charge in [0.15, 0.2) is 11.5 Å². The Hall–Kier alpha value is -5.34. The third kappa shape index (κ3) is 3.87. The van der Waals surface area contributed by atoms with E-state index in [2.05, 4.69) is 29.9 Å². The molecule has 37 heavy (non-hydrogen) atoms. The Labute approximate surface area is 204 Å². The van der Waals surface area contributed by atoms with Gasteiger partial charge in [0.2, 0.25) is 0 Å². The van der Waals surface area contributed by atoms with E-state index in [1.807, 2.05) is 0 Å². The molecule has 0 spiro atoms. The molecule has 0 amide bonds. The minimum absolute atomic E-state index is 0.123. The lowest BCUT2D eigenvalue weighted by Gasteiger charge is -2.38. The van der Waals surface area contributed by atoms with Crippen LogP contribution in [0, 0.1) is 0 Å². The van der Waals surface area contributed by atoms with Crippen molar-refractivity contribution in [1.82, 2.24) is 29.9 Å². The van der Waals surface area contributed by atoms with Gasteiger partial charge in [-0.1, -0.05) is 6.07 Å². The highest BCUT2D eigenvalue weighted by molar-refractivity contribution is 5.85. The zero-order chi connectivity index (χ0) is 26.4.